The molecule has 5 heteroatoms. The largest absolute Gasteiger partial charge is 0.507 e. The number of carbonyl (C=O) groups excluding carboxylic acids is 1. The van der Waals surface area contributed by atoms with Crippen LogP contribution >= 0.6 is 0 Å². The maximum absolute atomic E-state index is 12.3. The first-order valence-electron chi connectivity index (χ1n) is 8.20. The zero-order chi connectivity index (χ0) is 19.1. The van der Waals surface area contributed by atoms with Gasteiger partial charge in [0.2, 0.25) is 0 Å². The molecule has 2 rings (SSSR count). The normalized spacial score (nSPS) is 10.6. The smallest absolute Gasteiger partial charge is 0.342 e. The monoisotopic (exact) mass is 353 g/mol. The molecule has 2 aromatic rings. The molecule has 0 bridgehead atoms. The third kappa shape index (κ3) is 4.51. The van der Waals surface area contributed by atoms with Crippen molar-refractivity contribution in [3.63, 3.8) is 0 Å². The SMILES string of the molecule is COC(=O)c1c(/C=C/c2ccncc2)cc(OC)c(CC=C(C)C)c1O. The number of hydrogen-bond acceptors (Lipinski definition) is 5. The minimum Gasteiger partial charge on any atom is -0.507 e. The summed E-state index contributed by atoms with van der Waals surface area (Å²) in [6.07, 6.45) is 9.36. The van der Waals surface area contributed by atoms with E-state index in [4.69, 9.17) is 9.47 Å². The Kier molecular flexibility index (Phi) is 6.55. The first-order valence-corrected chi connectivity index (χ1v) is 8.20. The number of aromatic hydroxyl groups is 1. The molecule has 0 aliphatic heterocycles. The molecule has 1 aromatic carbocycles. The molecule has 1 heterocycles. The molecule has 26 heavy (non-hydrogen) atoms. The molecule has 0 spiro atoms. The van der Waals surface area contributed by atoms with Crippen molar-refractivity contribution in [1.82, 2.24) is 4.98 Å². The van der Waals surface area contributed by atoms with Crippen LogP contribution in [0.4, 0.5) is 0 Å². The number of ether oxygens (including phenoxy) is 2. The van der Waals surface area contributed by atoms with Crippen molar-refractivity contribution in [2.45, 2.75) is 20.3 Å². The molecular formula is C21H23NO4. The van der Waals surface area contributed by atoms with Crippen LogP contribution < -0.4 is 4.74 Å². The van der Waals surface area contributed by atoms with Crippen LogP contribution in [0.25, 0.3) is 12.2 Å². The lowest BCUT2D eigenvalue weighted by Crippen LogP contribution is -2.07. The number of rotatable bonds is 6. The Morgan fingerprint density at radius 2 is 1.88 bits per heavy atom. The van der Waals surface area contributed by atoms with E-state index in [0.717, 1.165) is 11.1 Å². The van der Waals surface area contributed by atoms with Crippen LogP contribution in [0, 0.1) is 0 Å². The number of esters is 1. The van der Waals surface area contributed by atoms with E-state index < -0.39 is 5.97 Å². The first kappa shape index (κ1) is 19.2. The summed E-state index contributed by atoms with van der Waals surface area (Å²) >= 11 is 0. The Labute approximate surface area is 153 Å². The number of benzene rings is 1. The van der Waals surface area contributed by atoms with E-state index in [2.05, 4.69) is 4.98 Å². The quantitative estimate of drug-likeness (QED) is 0.621. The summed E-state index contributed by atoms with van der Waals surface area (Å²) in [6, 6.07) is 5.42. The highest BCUT2D eigenvalue weighted by Crippen LogP contribution is 2.36. The van der Waals surface area contributed by atoms with E-state index in [1.165, 1.54) is 14.2 Å². The van der Waals surface area contributed by atoms with Gasteiger partial charge in [0.1, 0.15) is 17.1 Å². The Morgan fingerprint density at radius 3 is 2.46 bits per heavy atom. The Bertz CT molecular complexity index is 835. The average Bonchev–Trinajstić information content (AvgIpc) is 2.65. The lowest BCUT2D eigenvalue weighted by molar-refractivity contribution is 0.0597. The van der Waals surface area contributed by atoms with E-state index in [-0.39, 0.29) is 11.3 Å². The number of allylic oxidation sites excluding steroid dienone is 2. The van der Waals surface area contributed by atoms with Gasteiger partial charge in [-0.1, -0.05) is 23.8 Å². The summed E-state index contributed by atoms with van der Waals surface area (Å²) in [5, 5.41) is 10.7. The molecule has 1 aromatic heterocycles. The van der Waals surface area contributed by atoms with Gasteiger partial charge in [-0.15, -0.1) is 0 Å². The van der Waals surface area contributed by atoms with Gasteiger partial charge in [-0.25, -0.2) is 4.79 Å². The molecule has 0 radical (unpaired) electrons. The van der Waals surface area contributed by atoms with Crippen LogP contribution in [0.2, 0.25) is 0 Å². The third-order valence-electron chi connectivity index (χ3n) is 3.88. The van der Waals surface area contributed by atoms with Crippen molar-refractivity contribution in [3.8, 4) is 11.5 Å². The summed E-state index contributed by atoms with van der Waals surface area (Å²) in [5.41, 5.74) is 3.21. The summed E-state index contributed by atoms with van der Waals surface area (Å²) in [6.45, 7) is 3.94. The Morgan fingerprint density at radius 1 is 1.19 bits per heavy atom. The second-order valence-corrected chi connectivity index (χ2v) is 5.96. The second kappa shape index (κ2) is 8.85. The Hall–Kier alpha value is -3.08. The molecule has 0 amide bonds. The highest BCUT2D eigenvalue weighted by molar-refractivity contribution is 5.98. The number of methoxy groups -OCH3 is 2. The minimum absolute atomic E-state index is 0.121. The minimum atomic E-state index is -0.599. The fraction of sp³-hybridized carbons (Fsp3) is 0.238. The van der Waals surface area contributed by atoms with Crippen molar-refractivity contribution in [1.29, 1.82) is 0 Å². The summed E-state index contributed by atoms with van der Waals surface area (Å²) in [7, 11) is 2.83. The lowest BCUT2D eigenvalue weighted by Gasteiger charge is -2.15. The number of phenols is 1. The topological polar surface area (TPSA) is 68.7 Å². The molecule has 0 unspecified atom stereocenters. The number of pyridine rings is 1. The van der Waals surface area contributed by atoms with Crippen molar-refractivity contribution in [2.24, 2.45) is 0 Å². The van der Waals surface area contributed by atoms with Gasteiger partial charge in [0.25, 0.3) is 0 Å². The number of hydrogen-bond donors (Lipinski definition) is 1. The average molecular weight is 353 g/mol. The number of aromatic nitrogens is 1. The van der Waals surface area contributed by atoms with Crippen molar-refractivity contribution < 1.29 is 19.4 Å². The predicted octanol–water partition coefficient (Wildman–Crippen LogP) is 4.26. The van der Waals surface area contributed by atoms with Gasteiger partial charge >= 0.3 is 5.97 Å². The third-order valence-corrected chi connectivity index (χ3v) is 3.88. The zero-order valence-corrected chi connectivity index (χ0v) is 15.4. The van der Waals surface area contributed by atoms with Gasteiger partial charge in [0, 0.05) is 18.0 Å². The van der Waals surface area contributed by atoms with Crippen molar-refractivity contribution >= 4 is 18.1 Å². The number of nitrogens with zero attached hydrogens (tertiary/aromatic N) is 1. The molecule has 0 aliphatic carbocycles. The summed E-state index contributed by atoms with van der Waals surface area (Å²) in [4.78, 5) is 16.2. The molecule has 0 fully saturated rings. The molecule has 136 valence electrons. The predicted molar refractivity (Wildman–Crippen MR) is 102 cm³/mol. The molecule has 5 nitrogen and oxygen atoms in total. The van der Waals surface area contributed by atoms with Crippen LogP contribution in [-0.4, -0.2) is 30.3 Å². The van der Waals surface area contributed by atoms with E-state index in [1.54, 1.807) is 24.5 Å². The maximum atomic E-state index is 12.3. The van der Waals surface area contributed by atoms with Crippen LogP contribution in [-0.2, 0) is 11.2 Å². The van der Waals surface area contributed by atoms with Gasteiger partial charge in [-0.2, -0.15) is 0 Å². The standard InChI is InChI=1S/C21H23NO4/c1-14(2)5-8-17-18(25-3)13-16(19(20(17)23)21(24)26-4)7-6-15-9-11-22-12-10-15/h5-7,9-13,23H,8H2,1-4H3/b7-6+. The second-order valence-electron chi connectivity index (χ2n) is 5.96. The highest BCUT2D eigenvalue weighted by Gasteiger charge is 2.22. The number of carbonyl (C=O) groups is 1. The fourth-order valence-corrected chi connectivity index (χ4v) is 2.50. The molecule has 0 saturated heterocycles. The van der Waals surface area contributed by atoms with Crippen molar-refractivity contribution in [2.75, 3.05) is 14.2 Å². The first-order chi connectivity index (χ1) is 12.5. The van der Waals surface area contributed by atoms with Gasteiger partial charge in [-0.3, -0.25) is 4.98 Å². The van der Waals surface area contributed by atoms with E-state index in [1.807, 2.05) is 38.1 Å². The molecule has 0 aliphatic rings. The maximum Gasteiger partial charge on any atom is 0.342 e. The lowest BCUT2D eigenvalue weighted by atomic mass is 9.97. The van der Waals surface area contributed by atoms with Gasteiger partial charge < -0.3 is 14.6 Å². The molecular weight excluding hydrogens is 330 g/mol. The van der Waals surface area contributed by atoms with Crippen LogP contribution in [0.5, 0.6) is 11.5 Å². The zero-order valence-electron chi connectivity index (χ0n) is 15.4. The highest BCUT2D eigenvalue weighted by atomic mass is 16.5. The Balaban J connectivity index is 2.59. The van der Waals surface area contributed by atoms with Gasteiger partial charge in [0.15, 0.2) is 0 Å². The van der Waals surface area contributed by atoms with Crippen LogP contribution in [0.15, 0.2) is 42.2 Å². The molecule has 0 saturated carbocycles. The van der Waals surface area contributed by atoms with E-state index in [9.17, 15) is 9.90 Å². The van der Waals surface area contributed by atoms with Crippen molar-refractivity contribution in [3.05, 3.63) is 64.5 Å². The van der Waals surface area contributed by atoms with Crippen LogP contribution in [0.1, 0.15) is 40.9 Å². The van der Waals surface area contributed by atoms with E-state index >= 15 is 0 Å². The number of phenolic OH excluding ortho intramolecular Hbond substituents is 1. The van der Waals surface area contributed by atoms with Gasteiger partial charge in [0.05, 0.1) is 14.2 Å². The van der Waals surface area contributed by atoms with Gasteiger partial charge in [-0.05, 0) is 49.6 Å². The van der Waals surface area contributed by atoms with Crippen LogP contribution in [0.3, 0.4) is 0 Å². The summed E-state index contributed by atoms with van der Waals surface area (Å²) < 4.78 is 10.3. The molecule has 0 atom stereocenters. The fourth-order valence-electron chi connectivity index (χ4n) is 2.50. The molecule has 1 N–H and O–H groups in total. The summed E-state index contributed by atoms with van der Waals surface area (Å²) in [5.74, 6) is -0.205. The van der Waals surface area contributed by atoms with E-state index in [0.29, 0.717) is 23.3 Å².